The molecule has 3 nitrogen and oxygen atoms in total. The third-order valence-corrected chi connectivity index (χ3v) is 2.82. The fraction of sp³-hybridized carbons (Fsp3) is 0.583. The smallest absolute Gasteiger partial charge is 0.122 e. The molecule has 0 saturated heterocycles. The van der Waals surface area contributed by atoms with E-state index in [-0.39, 0.29) is 0 Å². The normalized spacial score (nSPS) is 10.4. The van der Waals surface area contributed by atoms with Gasteiger partial charge in [0.05, 0.1) is 12.8 Å². The lowest BCUT2D eigenvalue weighted by atomic mass is 10.3. The summed E-state index contributed by atoms with van der Waals surface area (Å²) >= 11 is 3.42. The molecule has 0 spiro atoms. The Hall–Kier alpha value is -0.610. The molecule has 1 heterocycles. The molecule has 1 aromatic heterocycles. The predicted octanol–water partition coefficient (Wildman–Crippen LogP) is 2.66. The van der Waals surface area contributed by atoms with Gasteiger partial charge >= 0.3 is 0 Å². The Kier molecular flexibility index (Phi) is 6.42. The largest absolute Gasteiger partial charge is 0.497 e. The van der Waals surface area contributed by atoms with E-state index >= 15 is 0 Å². The second-order valence-corrected chi connectivity index (χ2v) is 4.51. The van der Waals surface area contributed by atoms with Crippen LogP contribution in [0.4, 0.5) is 0 Å². The number of nitrogens with one attached hydrogen (secondary N) is 1. The molecule has 1 rings (SSSR count). The number of alkyl halides is 1. The highest BCUT2D eigenvalue weighted by Gasteiger charge is 1.99. The third-order valence-electron chi connectivity index (χ3n) is 2.26. The average molecular weight is 287 g/mol. The second kappa shape index (κ2) is 7.63. The van der Waals surface area contributed by atoms with E-state index in [2.05, 4.69) is 26.2 Å². The minimum Gasteiger partial charge on any atom is -0.497 e. The molecule has 1 aromatic rings. The summed E-state index contributed by atoms with van der Waals surface area (Å²) in [5.74, 6) is 0.879. The van der Waals surface area contributed by atoms with Gasteiger partial charge in [-0.15, -0.1) is 0 Å². The number of hydrogen-bond donors (Lipinski definition) is 1. The van der Waals surface area contributed by atoms with Crippen LogP contribution in [0.2, 0.25) is 0 Å². The molecule has 0 aliphatic rings. The summed E-state index contributed by atoms with van der Waals surface area (Å²) in [5, 5.41) is 4.45. The number of pyridine rings is 1. The molecule has 0 radical (unpaired) electrons. The first-order valence-corrected chi connectivity index (χ1v) is 6.66. The lowest BCUT2D eigenvalue weighted by molar-refractivity contribution is 0.412. The summed E-state index contributed by atoms with van der Waals surface area (Å²) in [7, 11) is 1.68. The van der Waals surface area contributed by atoms with Crippen molar-refractivity contribution in [2.45, 2.75) is 26.3 Å². The summed E-state index contributed by atoms with van der Waals surface area (Å²) in [5.41, 5.74) is 2.03. The van der Waals surface area contributed by atoms with Crippen molar-refractivity contribution < 1.29 is 4.74 Å². The van der Waals surface area contributed by atoms with Crippen LogP contribution in [0.25, 0.3) is 0 Å². The van der Waals surface area contributed by atoms with Gasteiger partial charge in [0.15, 0.2) is 0 Å². The monoisotopic (exact) mass is 286 g/mol. The van der Waals surface area contributed by atoms with E-state index < -0.39 is 0 Å². The van der Waals surface area contributed by atoms with Crippen LogP contribution in [0.1, 0.15) is 24.2 Å². The van der Waals surface area contributed by atoms with Crippen molar-refractivity contribution in [2.75, 3.05) is 19.0 Å². The first-order chi connectivity index (χ1) is 7.76. The molecular weight excluding hydrogens is 268 g/mol. The van der Waals surface area contributed by atoms with Crippen molar-refractivity contribution in [3.05, 3.63) is 23.5 Å². The van der Waals surface area contributed by atoms with Crippen LogP contribution >= 0.6 is 15.9 Å². The van der Waals surface area contributed by atoms with Gasteiger partial charge in [0, 0.05) is 29.7 Å². The number of ether oxygens (including phenoxy) is 1. The number of halogens is 1. The molecule has 0 unspecified atom stereocenters. The van der Waals surface area contributed by atoms with Gasteiger partial charge in [-0.05, 0) is 26.3 Å². The fourth-order valence-electron chi connectivity index (χ4n) is 1.47. The van der Waals surface area contributed by atoms with Gasteiger partial charge in [-0.1, -0.05) is 15.9 Å². The minimum atomic E-state index is 0.806. The van der Waals surface area contributed by atoms with E-state index in [1.165, 1.54) is 12.8 Å². The van der Waals surface area contributed by atoms with E-state index in [9.17, 15) is 0 Å². The highest BCUT2D eigenvalue weighted by molar-refractivity contribution is 9.09. The van der Waals surface area contributed by atoms with E-state index in [0.29, 0.717) is 0 Å². The van der Waals surface area contributed by atoms with Crippen LogP contribution in [0.3, 0.4) is 0 Å². The molecule has 0 fully saturated rings. The first-order valence-electron chi connectivity index (χ1n) is 5.54. The molecule has 0 saturated carbocycles. The zero-order valence-electron chi connectivity index (χ0n) is 9.92. The van der Waals surface area contributed by atoms with Crippen LogP contribution < -0.4 is 10.1 Å². The van der Waals surface area contributed by atoms with Crippen molar-refractivity contribution >= 4 is 15.9 Å². The lowest BCUT2D eigenvalue weighted by Crippen LogP contribution is -2.16. The molecule has 0 aliphatic heterocycles. The zero-order valence-corrected chi connectivity index (χ0v) is 11.5. The Morgan fingerprint density at radius 1 is 1.38 bits per heavy atom. The molecule has 0 amide bonds. The average Bonchev–Trinajstić information content (AvgIpc) is 2.28. The number of nitrogens with zero attached hydrogens (tertiary/aromatic N) is 1. The summed E-state index contributed by atoms with van der Waals surface area (Å²) in [6.45, 7) is 3.82. The van der Waals surface area contributed by atoms with Gasteiger partial charge in [0.2, 0.25) is 0 Å². The van der Waals surface area contributed by atoms with Crippen molar-refractivity contribution in [3.63, 3.8) is 0 Å². The van der Waals surface area contributed by atoms with Crippen LogP contribution in [0.15, 0.2) is 12.1 Å². The van der Waals surface area contributed by atoms with Gasteiger partial charge in [-0.2, -0.15) is 0 Å². The maximum Gasteiger partial charge on any atom is 0.122 e. The second-order valence-electron chi connectivity index (χ2n) is 3.71. The van der Waals surface area contributed by atoms with Crippen molar-refractivity contribution in [3.8, 4) is 5.75 Å². The van der Waals surface area contributed by atoms with Gasteiger partial charge in [0.1, 0.15) is 5.75 Å². The number of aryl methyl sites for hydroxylation is 1. The van der Waals surface area contributed by atoms with Crippen molar-refractivity contribution in [2.24, 2.45) is 0 Å². The Morgan fingerprint density at radius 2 is 2.19 bits per heavy atom. The van der Waals surface area contributed by atoms with Gasteiger partial charge in [-0.3, -0.25) is 4.98 Å². The SMILES string of the molecule is COc1cc(C)nc(CNCCCCBr)c1. The Bertz CT molecular complexity index is 318. The molecule has 0 atom stereocenters. The summed E-state index contributed by atoms with van der Waals surface area (Å²) in [4.78, 5) is 4.45. The maximum atomic E-state index is 5.21. The minimum absolute atomic E-state index is 0.806. The first kappa shape index (κ1) is 13.5. The molecule has 0 bridgehead atoms. The highest BCUT2D eigenvalue weighted by Crippen LogP contribution is 2.12. The van der Waals surface area contributed by atoms with Crippen LogP contribution in [-0.4, -0.2) is 24.0 Å². The molecular formula is C12H19BrN2O. The summed E-state index contributed by atoms with van der Waals surface area (Å²) in [6, 6.07) is 3.92. The number of methoxy groups -OCH3 is 1. The molecule has 4 heteroatoms. The predicted molar refractivity (Wildman–Crippen MR) is 70.3 cm³/mol. The highest BCUT2D eigenvalue weighted by atomic mass is 79.9. The van der Waals surface area contributed by atoms with Gasteiger partial charge in [-0.25, -0.2) is 0 Å². The van der Waals surface area contributed by atoms with E-state index in [4.69, 9.17) is 4.74 Å². The van der Waals surface area contributed by atoms with E-state index in [0.717, 1.165) is 35.6 Å². The molecule has 1 N–H and O–H groups in total. The zero-order chi connectivity index (χ0) is 11.8. The van der Waals surface area contributed by atoms with E-state index in [1.807, 2.05) is 19.1 Å². The van der Waals surface area contributed by atoms with Crippen molar-refractivity contribution in [1.29, 1.82) is 0 Å². The summed E-state index contributed by atoms with van der Waals surface area (Å²) < 4.78 is 5.21. The Morgan fingerprint density at radius 3 is 2.88 bits per heavy atom. The Labute approximate surface area is 106 Å². The quantitative estimate of drug-likeness (QED) is 0.618. The topological polar surface area (TPSA) is 34.1 Å². The number of rotatable bonds is 7. The molecule has 90 valence electrons. The number of hydrogen-bond acceptors (Lipinski definition) is 3. The van der Waals surface area contributed by atoms with Crippen molar-refractivity contribution in [1.82, 2.24) is 10.3 Å². The standard InChI is InChI=1S/C12H19BrN2O/c1-10-7-12(16-2)8-11(15-10)9-14-6-4-3-5-13/h7-8,14H,3-6,9H2,1-2H3. The van der Waals surface area contributed by atoms with Crippen LogP contribution in [0, 0.1) is 6.92 Å². The van der Waals surface area contributed by atoms with Gasteiger partial charge < -0.3 is 10.1 Å². The third kappa shape index (κ3) is 4.94. The fourth-order valence-corrected chi connectivity index (χ4v) is 1.87. The number of unbranched alkanes of at least 4 members (excludes halogenated alkanes) is 1. The number of aromatic nitrogens is 1. The lowest BCUT2D eigenvalue weighted by Gasteiger charge is -2.07. The van der Waals surface area contributed by atoms with E-state index in [1.54, 1.807) is 7.11 Å². The Balaban J connectivity index is 2.38. The van der Waals surface area contributed by atoms with Gasteiger partial charge in [0.25, 0.3) is 0 Å². The molecule has 16 heavy (non-hydrogen) atoms. The molecule has 0 aromatic carbocycles. The molecule has 0 aliphatic carbocycles. The summed E-state index contributed by atoms with van der Waals surface area (Å²) in [6.07, 6.45) is 2.39. The van der Waals surface area contributed by atoms with Crippen LogP contribution in [0.5, 0.6) is 5.75 Å². The van der Waals surface area contributed by atoms with Crippen LogP contribution in [-0.2, 0) is 6.54 Å². The maximum absolute atomic E-state index is 5.21.